The monoisotopic (exact) mass is 447 g/mol. The average Bonchev–Trinajstić information content (AvgIpc) is 3.32. The molecule has 0 N–H and O–H groups in total. The van der Waals surface area contributed by atoms with E-state index >= 15 is 0 Å². The lowest BCUT2D eigenvalue weighted by Crippen LogP contribution is -2.42. The molecule has 164 valence electrons. The Morgan fingerprint density at radius 3 is 2.62 bits per heavy atom. The highest BCUT2D eigenvalue weighted by molar-refractivity contribution is 7.09. The number of nitrogens with zero attached hydrogens (tertiary/aromatic N) is 3. The number of rotatable bonds is 8. The molecule has 0 saturated carbocycles. The van der Waals surface area contributed by atoms with Crippen LogP contribution in [0.4, 0.5) is 0 Å². The normalized spacial score (nSPS) is 11.9. The third-order valence-corrected chi connectivity index (χ3v) is 6.39. The Kier molecular flexibility index (Phi) is 6.66. The van der Waals surface area contributed by atoms with Gasteiger partial charge in [-0.05, 0) is 48.2 Å². The molecule has 0 unspecified atom stereocenters. The lowest BCUT2D eigenvalue weighted by atomic mass is 10.1. The zero-order valence-electron chi connectivity index (χ0n) is 18.1. The molecule has 0 aliphatic rings. The van der Waals surface area contributed by atoms with Crippen molar-refractivity contribution in [3.8, 4) is 5.75 Å². The van der Waals surface area contributed by atoms with E-state index in [1.807, 2.05) is 64.9 Å². The summed E-state index contributed by atoms with van der Waals surface area (Å²) in [4.78, 5) is 33.4. The number of thiophene rings is 1. The van der Waals surface area contributed by atoms with Crippen LogP contribution in [0.3, 0.4) is 0 Å². The standard InChI is InChI=1S/C25H25N3O3S/c1-18(14-21-6-5-13-32-21)27(16-19-9-11-20(31-2)12-10-19)25(30)17-28-23-8-4-3-7-22(23)26-15-24(28)29/h3-13,15,18H,14,16-17H2,1-2H3/t18-/m0/s1. The summed E-state index contributed by atoms with van der Waals surface area (Å²) in [6.45, 7) is 2.47. The van der Waals surface area contributed by atoms with E-state index < -0.39 is 0 Å². The van der Waals surface area contributed by atoms with Gasteiger partial charge in [0.05, 0.1) is 24.3 Å². The van der Waals surface area contributed by atoms with Crippen LogP contribution in [0, 0.1) is 0 Å². The van der Waals surface area contributed by atoms with Crippen molar-refractivity contribution in [1.82, 2.24) is 14.5 Å². The zero-order valence-corrected chi connectivity index (χ0v) is 18.9. The number of fused-ring (bicyclic) bond motifs is 1. The molecule has 0 saturated heterocycles. The first kappa shape index (κ1) is 21.8. The first-order valence-corrected chi connectivity index (χ1v) is 11.3. The van der Waals surface area contributed by atoms with Gasteiger partial charge in [0.2, 0.25) is 5.91 Å². The number of methoxy groups -OCH3 is 1. The van der Waals surface area contributed by atoms with Crippen LogP contribution < -0.4 is 10.3 Å². The molecule has 32 heavy (non-hydrogen) atoms. The molecule has 6 nitrogen and oxygen atoms in total. The topological polar surface area (TPSA) is 64.4 Å². The first-order chi connectivity index (χ1) is 15.5. The summed E-state index contributed by atoms with van der Waals surface area (Å²) in [5.74, 6) is 0.663. The van der Waals surface area contributed by atoms with Crippen molar-refractivity contribution >= 4 is 28.3 Å². The van der Waals surface area contributed by atoms with Crippen molar-refractivity contribution in [1.29, 1.82) is 0 Å². The number of carbonyl (C=O) groups excluding carboxylic acids is 1. The van der Waals surface area contributed by atoms with Crippen molar-refractivity contribution in [2.75, 3.05) is 7.11 Å². The lowest BCUT2D eigenvalue weighted by molar-refractivity contribution is -0.134. The maximum Gasteiger partial charge on any atom is 0.269 e. The number of hydrogen-bond donors (Lipinski definition) is 0. The van der Waals surface area contributed by atoms with E-state index in [0.717, 1.165) is 17.7 Å². The third kappa shape index (κ3) is 4.89. The molecule has 0 radical (unpaired) electrons. The van der Waals surface area contributed by atoms with Crippen molar-refractivity contribution in [3.05, 3.63) is 93.0 Å². The maximum absolute atomic E-state index is 13.5. The second kappa shape index (κ2) is 9.78. The smallest absolute Gasteiger partial charge is 0.269 e. The molecule has 2 heterocycles. The van der Waals surface area contributed by atoms with Crippen LogP contribution in [-0.2, 0) is 24.3 Å². The Hall–Kier alpha value is -3.45. The van der Waals surface area contributed by atoms with E-state index in [2.05, 4.69) is 18.0 Å². The fraction of sp³-hybridized carbons (Fsp3) is 0.240. The highest BCUT2D eigenvalue weighted by Crippen LogP contribution is 2.19. The number of benzene rings is 2. The van der Waals surface area contributed by atoms with Crippen molar-refractivity contribution < 1.29 is 9.53 Å². The predicted octanol–water partition coefficient (Wildman–Crippen LogP) is 4.13. The van der Waals surface area contributed by atoms with Gasteiger partial charge in [-0.3, -0.25) is 14.2 Å². The van der Waals surface area contributed by atoms with Crippen LogP contribution in [0.15, 0.2) is 77.0 Å². The van der Waals surface area contributed by atoms with E-state index in [1.54, 1.807) is 18.4 Å². The predicted molar refractivity (Wildman–Crippen MR) is 127 cm³/mol. The fourth-order valence-electron chi connectivity index (χ4n) is 3.75. The van der Waals surface area contributed by atoms with E-state index in [-0.39, 0.29) is 24.1 Å². The molecular formula is C25H25N3O3S. The summed E-state index contributed by atoms with van der Waals surface area (Å²) in [7, 11) is 1.63. The Morgan fingerprint density at radius 2 is 1.91 bits per heavy atom. The number of hydrogen-bond acceptors (Lipinski definition) is 5. The van der Waals surface area contributed by atoms with Crippen LogP contribution >= 0.6 is 11.3 Å². The first-order valence-electron chi connectivity index (χ1n) is 10.4. The summed E-state index contributed by atoms with van der Waals surface area (Å²) in [5.41, 5.74) is 2.06. The van der Waals surface area contributed by atoms with Gasteiger partial charge in [0.15, 0.2) is 0 Å². The summed E-state index contributed by atoms with van der Waals surface area (Å²) in [6.07, 6.45) is 2.03. The Morgan fingerprint density at radius 1 is 1.12 bits per heavy atom. The highest BCUT2D eigenvalue weighted by Gasteiger charge is 2.22. The van der Waals surface area contributed by atoms with E-state index in [0.29, 0.717) is 17.6 Å². The second-order valence-electron chi connectivity index (χ2n) is 7.67. The van der Waals surface area contributed by atoms with Gasteiger partial charge in [-0.15, -0.1) is 11.3 Å². The summed E-state index contributed by atoms with van der Waals surface area (Å²) >= 11 is 1.68. The van der Waals surface area contributed by atoms with Gasteiger partial charge >= 0.3 is 0 Å². The van der Waals surface area contributed by atoms with Crippen LogP contribution in [-0.4, -0.2) is 33.5 Å². The van der Waals surface area contributed by atoms with Gasteiger partial charge in [-0.1, -0.05) is 30.3 Å². The molecule has 0 aliphatic heterocycles. The van der Waals surface area contributed by atoms with Gasteiger partial charge < -0.3 is 9.64 Å². The molecule has 0 aliphatic carbocycles. The molecule has 0 fully saturated rings. The molecule has 7 heteroatoms. The molecule has 4 aromatic rings. The quantitative estimate of drug-likeness (QED) is 0.407. The van der Waals surface area contributed by atoms with Crippen LogP contribution in [0.2, 0.25) is 0 Å². The van der Waals surface area contributed by atoms with Crippen LogP contribution in [0.5, 0.6) is 5.75 Å². The largest absolute Gasteiger partial charge is 0.497 e. The summed E-state index contributed by atoms with van der Waals surface area (Å²) in [5, 5.41) is 2.04. The molecule has 1 amide bonds. The Balaban J connectivity index is 1.63. The summed E-state index contributed by atoms with van der Waals surface area (Å²) in [6, 6.07) is 19.1. The van der Waals surface area contributed by atoms with Crippen molar-refractivity contribution in [2.45, 2.75) is 32.5 Å². The van der Waals surface area contributed by atoms with Gasteiger partial charge in [0, 0.05) is 23.9 Å². The molecule has 2 aromatic heterocycles. The molecule has 0 bridgehead atoms. The molecule has 4 rings (SSSR count). The fourth-order valence-corrected chi connectivity index (χ4v) is 4.58. The molecule has 1 atom stereocenters. The lowest BCUT2D eigenvalue weighted by Gasteiger charge is -2.30. The maximum atomic E-state index is 13.5. The average molecular weight is 448 g/mol. The van der Waals surface area contributed by atoms with Gasteiger partial charge in [-0.25, -0.2) is 4.98 Å². The van der Waals surface area contributed by atoms with E-state index in [9.17, 15) is 9.59 Å². The Bertz CT molecular complexity index is 1250. The number of para-hydroxylation sites is 2. The Labute approximate surface area is 190 Å². The minimum absolute atomic E-state index is 0.0349. The SMILES string of the molecule is COc1ccc(CN(C(=O)Cn2c(=O)cnc3ccccc32)[C@@H](C)Cc2cccs2)cc1. The number of amides is 1. The van der Waals surface area contributed by atoms with Gasteiger partial charge in [0.25, 0.3) is 5.56 Å². The van der Waals surface area contributed by atoms with Gasteiger partial charge in [-0.2, -0.15) is 0 Å². The molecular weight excluding hydrogens is 422 g/mol. The van der Waals surface area contributed by atoms with Gasteiger partial charge in [0.1, 0.15) is 12.3 Å². The van der Waals surface area contributed by atoms with Crippen molar-refractivity contribution in [2.24, 2.45) is 0 Å². The second-order valence-corrected chi connectivity index (χ2v) is 8.71. The van der Waals surface area contributed by atoms with Crippen LogP contribution in [0.1, 0.15) is 17.4 Å². The number of ether oxygens (including phenoxy) is 1. The minimum atomic E-state index is -0.285. The minimum Gasteiger partial charge on any atom is -0.497 e. The summed E-state index contributed by atoms with van der Waals surface area (Å²) < 4.78 is 6.75. The van der Waals surface area contributed by atoms with Crippen LogP contribution in [0.25, 0.3) is 11.0 Å². The van der Waals surface area contributed by atoms with E-state index in [1.165, 1.54) is 15.6 Å². The van der Waals surface area contributed by atoms with E-state index in [4.69, 9.17) is 4.74 Å². The molecule has 0 spiro atoms. The van der Waals surface area contributed by atoms with Crippen molar-refractivity contribution in [3.63, 3.8) is 0 Å². The number of aromatic nitrogens is 2. The highest BCUT2D eigenvalue weighted by atomic mass is 32.1. The zero-order chi connectivity index (χ0) is 22.5. The number of carbonyl (C=O) groups is 1. The molecule has 2 aromatic carbocycles. The third-order valence-electron chi connectivity index (χ3n) is 5.49.